The summed E-state index contributed by atoms with van der Waals surface area (Å²) < 4.78 is 5.43. The zero-order valence-corrected chi connectivity index (χ0v) is 10.6. The van der Waals surface area contributed by atoms with E-state index < -0.39 is 5.97 Å². The van der Waals surface area contributed by atoms with Crippen molar-refractivity contribution in [3.63, 3.8) is 0 Å². The number of nitrogens with two attached hydrogens (primary N) is 1. The third-order valence-corrected chi connectivity index (χ3v) is 3.49. The molecule has 0 spiro atoms. The molecule has 4 nitrogen and oxygen atoms in total. The second-order valence-electron chi connectivity index (χ2n) is 5.06. The van der Waals surface area contributed by atoms with Gasteiger partial charge in [-0.15, -0.1) is 0 Å². The van der Waals surface area contributed by atoms with Gasteiger partial charge in [0, 0.05) is 5.69 Å². The average Bonchev–Trinajstić information content (AvgIpc) is 2.35. The van der Waals surface area contributed by atoms with Gasteiger partial charge in [0.05, 0.1) is 5.56 Å². The minimum absolute atomic E-state index is 0.0181. The number of phenols is 1. The monoisotopic (exact) mass is 249 g/mol. The summed E-state index contributed by atoms with van der Waals surface area (Å²) >= 11 is 0. The summed E-state index contributed by atoms with van der Waals surface area (Å²) in [4.78, 5) is 12.0. The smallest absolute Gasteiger partial charge is 0.340 e. The van der Waals surface area contributed by atoms with Crippen LogP contribution in [0.15, 0.2) is 18.2 Å². The Balaban J connectivity index is 2.01. The third kappa shape index (κ3) is 2.94. The second kappa shape index (κ2) is 5.29. The largest absolute Gasteiger partial charge is 0.508 e. The van der Waals surface area contributed by atoms with Crippen LogP contribution in [0.1, 0.15) is 43.0 Å². The van der Waals surface area contributed by atoms with Crippen LogP contribution >= 0.6 is 0 Å². The fraction of sp³-hybridized carbons (Fsp3) is 0.500. The van der Waals surface area contributed by atoms with E-state index in [9.17, 15) is 9.90 Å². The van der Waals surface area contributed by atoms with Gasteiger partial charge in [-0.05, 0) is 49.8 Å². The van der Waals surface area contributed by atoms with Crippen molar-refractivity contribution in [2.75, 3.05) is 5.73 Å². The van der Waals surface area contributed by atoms with Gasteiger partial charge < -0.3 is 15.6 Å². The Bertz CT molecular complexity index is 437. The van der Waals surface area contributed by atoms with Crippen LogP contribution < -0.4 is 5.73 Å². The van der Waals surface area contributed by atoms with Crippen molar-refractivity contribution in [1.29, 1.82) is 0 Å². The van der Waals surface area contributed by atoms with Crippen molar-refractivity contribution in [2.24, 2.45) is 5.92 Å². The molecule has 0 aliphatic heterocycles. The van der Waals surface area contributed by atoms with E-state index in [1.54, 1.807) is 0 Å². The lowest BCUT2D eigenvalue weighted by Crippen LogP contribution is -2.24. The van der Waals surface area contributed by atoms with E-state index >= 15 is 0 Å². The molecular weight excluding hydrogens is 230 g/mol. The first-order valence-corrected chi connectivity index (χ1v) is 6.35. The minimum Gasteiger partial charge on any atom is -0.508 e. The SMILES string of the molecule is CC1CCC(OC(=O)c2cc(O)ccc2N)CC1. The summed E-state index contributed by atoms with van der Waals surface area (Å²) in [7, 11) is 0. The van der Waals surface area contributed by atoms with Gasteiger partial charge in [0.15, 0.2) is 0 Å². The molecule has 1 aromatic carbocycles. The predicted molar refractivity (Wildman–Crippen MR) is 69.4 cm³/mol. The highest BCUT2D eigenvalue weighted by atomic mass is 16.5. The van der Waals surface area contributed by atoms with Crippen molar-refractivity contribution in [1.82, 2.24) is 0 Å². The first kappa shape index (κ1) is 12.7. The van der Waals surface area contributed by atoms with Crippen LogP contribution in [0.5, 0.6) is 5.75 Å². The van der Waals surface area contributed by atoms with Gasteiger partial charge >= 0.3 is 5.97 Å². The first-order valence-electron chi connectivity index (χ1n) is 6.35. The molecule has 1 fully saturated rings. The highest BCUT2D eigenvalue weighted by molar-refractivity contribution is 5.95. The molecular formula is C14H19NO3. The van der Waals surface area contributed by atoms with Crippen molar-refractivity contribution < 1.29 is 14.6 Å². The number of rotatable bonds is 2. The van der Waals surface area contributed by atoms with E-state index in [1.165, 1.54) is 18.2 Å². The lowest BCUT2D eigenvalue weighted by molar-refractivity contribution is 0.0174. The van der Waals surface area contributed by atoms with Crippen LogP contribution in [0, 0.1) is 5.92 Å². The molecule has 1 aliphatic rings. The second-order valence-corrected chi connectivity index (χ2v) is 5.06. The summed E-state index contributed by atoms with van der Waals surface area (Å²) in [6.07, 6.45) is 3.98. The molecule has 98 valence electrons. The summed E-state index contributed by atoms with van der Waals surface area (Å²) in [5, 5.41) is 9.36. The van der Waals surface area contributed by atoms with Crippen LogP contribution in [0.4, 0.5) is 5.69 Å². The predicted octanol–water partition coefficient (Wildman–Crippen LogP) is 2.71. The molecule has 3 N–H and O–H groups in total. The Morgan fingerprint density at radius 1 is 1.33 bits per heavy atom. The number of carbonyl (C=O) groups is 1. The van der Waals surface area contributed by atoms with Crippen molar-refractivity contribution in [2.45, 2.75) is 38.7 Å². The lowest BCUT2D eigenvalue weighted by atomic mass is 9.89. The molecule has 1 aliphatic carbocycles. The maximum absolute atomic E-state index is 12.0. The third-order valence-electron chi connectivity index (χ3n) is 3.49. The number of phenolic OH excluding ortho intramolecular Hbond substituents is 1. The molecule has 1 saturated carbocycles. The van der Waals surface area contributed by atoms with E-state index in [-0.39, 0.29) is 17.4 Å². The van der Waals surface area contributed by atoms with Crippen LogP contribution in [0.3, 0.4) is 0 Å². The Kier molecular flexibility index (Phi) is 3.75. The summed E-state index contributed by atoms with van der Waals surface area (Å²) in [6, 6.07) is 4.31. The number of benzene rings is 1. The summed E-state index contributed by atoms with van der Waals surface area (Å²) in [5.74, 6) is 0.294. The quantitative estimate of drug-likeness (QED) is 0.480. The van der Waals surface area contributed by atoms with Gasteiger partial charge in [0.1, 0.15) is 11.9 Å². The number of aromatic hydroxyl groups is 1. The number of nitrogen functional groups attached to an aromatic ring is 1. The average molecular weight is 249 g/mol. The van der Waals surface area contributed by atoms with Gasteiger partial charge in [0.2, 0.25) is 0 Å². The molecule has 0 aromatic heterocycles. The van der Waals surface area contributed by atoms with E-state index in [0.717, 1.165) is 25.7 Å². The molecule has 4 heteroatoms. The molecule has 0 bridgehead atoms. The van der Waals surface area contributed by atoms with Crippen molar-refractivity contribution in [3.05, 3.63) is 23.8 Å². The van der Waals surface area contributed by atoms with E-state index in [0.29, 0.717) is 11.6 Å². The maximum atomic E-state index is 12.0. The standard InChI is InChI=1S/C14H19NO3/c1-9-2-5-11(6-3-9)18-14(17)12-8-10(16)4-7-13(12)15/h4,7-9,11,16H,2-3,5-6,15H2,1H3. The molecule has 1 aromatic rings. The highest BCUT2D eigenvalue weighted by Gasteiger charge is 2.23. The number of carbonyl (C=O) groups excluding carboxylic acids is 1. The van der Waals surface area contributed by atoms with Crippen LogP contribution in [0.2, 0.25) is 0 Å². The molecule has 0 atom stereocenters. The number of hydrogen-bond acceptors (Lipinski definition) is 4. The molecule has 0 radical (unpaired) electrons. The van der Waals surface area contributed by atoms with E-state index in [2.05, 4.69) is 6.92 Å². The molecule has 0 amide bonds. The fourth-order valence-corrected chi connectivity index (χ4v) is 2.28. The topological polar surface area (TPSA) is 72.5 Å². The van der Waals surface area contributed by atoms with Crippen molar-refractivity contribution >= 4 is 11.7 Å². The molecule has 0 unspecified atom stereocenters. The number of ether oxygens (including phenoxy) is 1. The van der Waals surface area contributed by atoms with Crippen LogP contribution in [-0.2, 0) is 4.74 Å². The van der Waals surface area contributed by atoms with Gasteiger partial charge in [-0.2, -0.15) is 0 Å². The molecule has 0 heterocycles. The number of anilines is 1. The summed E-state index contributed by atoms with van der Waals surface area (Å²) in [6.45, 7) is 2.21. The van der Waals surface area contributed by atoms with Crippen LogP contribution in [0.25, 0.3) is 0 Å². The number of hydrogen-bond donors (Lipinski definition) is 2. The Morgan fingerprint density at radius 3 is 2.67 bits per heavy atom. The van der Waals surface area contributed by atoms with E-state index in [1.807, 2.05) is 0 Å². The molecule has 0 saturated heterocycles. The lowest BCUT2D eigenvalue weighted by Gasteiger charge is -2.26. The zero-order chi connectivity index (χ0) is 13.1. The van der Waals surface area contributed by atoms with Gasteiger partial charge in [0.25, 0.3) is 0 Å². The molecule has 18 heavy (non-hydrogen) atoms. The first-order chi connectivity index (χ1) is 8.56. The fourth-order valence-electron chi connectivity index (χ4n) is 2.28. The Morgan fingerprint density at radius 2 is 2.00 bits per heavy atom. The highest BCUT2D eigenvalue weighted by Crippen LogP contribution is 2.27. The van der Waals surface area contributed by atoms with Gasteiger partial charge in [-0.1, -0.05) is 6.92 Å². The maximum Gasteiger partial charge on any atom is 0.340 e. The Labute approximate surface area is 107 Å². The molecule has 2 rings (SSSR count). The van der Waals surface area contributed by atoms with Gasteiger partial charge in [-0.3, -0.25) is 0 Å². The minimum atomic E-state index is -0.442. The Hall–Kier alpha value is -1.71. The summed E-state index contributed by atoms with van der Waals surface area (Å²) in [5.41, 5.74) is 6.28. The van der Waals surface area contributed by atoms with E-state index in [4.69, 9.17) is 10.5 Å². The van der Waals surface area contributed by atoms with Gasteiger partial charge in [-0.25, -0.2) is 4.79 Å². The normalized spacial score (nSPS) is 23.6. The number of esters is 1. The zero-order valence-electron chi connectivity index (χ0n) is 10.6. The van der Waals surface area contributed by atoms with Crippen LogP contribution in [-0.4, -0.2) is 17.2 Å². The van der Waals surface area contributed by atoms with Crippen molar-refractivity contribution in [3.8, 4) is 5.75 Å².